The summed E-state index contributed by atoms with van der Waals surface area (Å²) in [6.07, 6.45) is 2.39. The van der Waals surface area contributed by atoms with Crippen LogP contribution in [0.15, 0.2) is 41.6 Å². The number of nitrogens with one attached hydrogen (secondary N) is 1. The summed E-state index contributed by atoms with van der Waals surface area (Å²) in [4.78, 5) is 12.5. The van der Waals surface area contributed by atoms with E-state index in [1.165, 1.54) is 34.8 Å². The van der Waals surface area contributed by atoms with E-state index in [9.17, 15) is 9.90 Å². The maximum Gasteiger partial charge on any atom is 0.234 e. The van der Waals surface area contributed by atoms with Gasteiger partial charge in [-0.1, -0.05) is 60.9 Å². The summed E-state index contributed by atoms with van der Waals surface area (Å²) in [5, 5.41) is 25.6. The van der Waals surface area contributed by atoms with E-state index in [0.717, 1.165) is 5.56 Å². The molecule has 1 aromatic heterocycles. The van der Waals surface area contributed by atoms with E-state index in [2.05, 4.69) is 20.8 Å². The summed E-state index contributed by atoms with van der Waals surface area (Å²) in [7, 11) is 0. The quantitative estimate of drug-likeness (QED) is 0.437. The predicted molar refractivity (Wildman–Crippen MR) is 127 cm³/mol. The summed E-state index contributed by atoms with van der Waals surface area (Å²) in [6, 6.07) is 11.3. The number of hydrogen-bond acceptors (Lipinski definition) is 6. The van der Waals surface area contributed by atoms with Gasteiger partial charge in [0.05, 0.1) is 33.8 Å². The van der Waals surface area contributed by atoms with Gasteiger partial charge in [0, 0.05) is 5.41 Å². The molecule has 0 bridgehead atoms. The smallest absolute Gasteiger partial charge is 0.234 e. The monoisotopic (exact) mass is 491 g/mol. The number of aliphatic hydroxyl groups excluding tert-OH is 1. The van der Waals surface area contributed by atoms with Crippen molar-refractivity contribution in [3.8, 4) is 5.69 Å². The van der Waals surface area contributed by atoms with E-state index < -0.39 is 5.41 Å². The SMILES string of the molecule is CC(C)(CO)c1ccc(NC(=O)CSc2nnnn2-c2ccc(C3CC3)cc2Cl)c(Cl)c1. The Hall–Kier alpha value is -2.13. The maximum atomic E-state index is 12.5. The molecule has 3 aromatic rings. The van der Waals surface area contributed by atoms with Gasteiger partial charge in [-0.3, -0.25) is 4.79 Å². The number of anilines is 1. The highest BCUT2D eigenvalue weighted by atomic mass is 35.5. The van der Waals surface area contributed by atoms with Crippen molar-refractivity contribution >= 4 is 46.6 Å². The van der Waals surface area contributed by atoms with Gasteiger partial charge in [0.25, 0.3) is 0 Å². The molecule has 1 saturated carbocycles. The van der Waals surface area contributed by atoms with Crippen LogP contribution >= 0.6 is 35.0 Å². The fraction of sp³-hybridized carbons (Fsp3) is 0.364. The molecule has 0 aliphatic heterocycles. The highest BCUT2D eigenvalue weighted by molar-refractivity contribution is 7.99. The minimum atomic E-state index is -0.419. The summed E-state index contributed by atoms with van der Waals surface area (Å²) in [6.45, 7) is 3.83. The molecule has 10 heteroatoms. The lowest BCUT2D eigenvalue weighted by Gasteiger charge is -2.23. The number of halogens is 2. The fourth-order valence-corrected chi connectivity index (χ4v) is 4.41. The second-order valence-corrected chi connectivity index (χ2v) is 10.2. The molecule has 2 N–H and O–H groups in total. The van der Waals surface area contributed by atoms with Crippen molar-refractivity contribution in [2.45, 2.75) is 43.2 Å². The molecule has 4 rings (SSSR count). The number of benzene rings is 2. The Morgan fingerprint density at radius 1 is 1.22 bits per heavy atom. The first-order valence-electron chi connectivity index (χ1n) is 10.2. The molecule has 0 spiro atoms. The number of carbonyl (C=O) groups excluding carboxylic acids is 1. The van der Waals surface area contributed by atoms with Crippen LogP contribution in [0.5, 0.6) is 0 Å². The van der Waals surface area contributed by atoms with Gasteiger partial charge in [0.2, 0.25) is 11.1 Å². The third-order valence-corrected chi connectivity index (χ3v) is 6.98. The van der Waals surface area contributed by atoms with Gasteiger partial charge in [-0.2, -0.15) is 4.68 Å². The van der Waals surface area contributed by atoms with Crippen molar-refractivity contribution in [2.24, 2.45) is 0 Å². The van der Waals surface area contributed by atoms with Crippen LogP contribution in [0.25, 0.3) is 5.69 Å². The van der Waals surface area contributed by atoms with Gasteiger partial charge < -0.3 is 10.4 Å². The molecule has 1 fully saturated rings. The fourth-order valence-electron chi connectivity index (χ4n) is 3.23. The van der Waals surface area contributed by atoms with Gasteiger partial charge in [0.15, 0.2) is 0 Å². The Bertz CT molecular complexity index is 1150. The van der Waals surface area contributed by atoms with Crippen LogP contribution in [0.1, 0.15) is 43.7 Å². The second kappa shape index (κ2) is 9.39. The number of carbonyl (C=O) groups is 1. The minimum absolute atomic E-state index is 0.00623. The molecule has 0 radical (unpaired) electrons. The molecule has 0 atom stereocenters. The van der Waals surface area contributed by atoms with E-state index >= 15 is 0 Å². The summed E-state index contributed by atoms with van der Waals surface area (Å²) < 4.78 is 1.54. The molecule has 2 aromatic carbocycles. The Morgan fingerprint density at radius 3 is 2.66 bits per heavy atom. The Kier molecular flexibility index (Phi) is 6.76. The van der Waals surface area contributed by atoms with E-state index in [1.807, 2.05) is 38.1 Å². The van der Waals surface area contributed by atoms with Crippen LogP contribution in [0.3, 0.4) is 0 Å². The first kappa shape index (κ1) is 23.0. The van der Waals surface area contributed by atoms with Gasteiger partial charge in [-0.15, -0.1) is 5.10 Å². The van der Waals surface area contributed by atoms with E-state index in [0.29, 0.717) is 32.5 Å². The van der Waals surface area contributed by atoms with Gasteiger partial charge in [-0.25, -0.2) is 0 Å². The van der Waals surface area contributed by atoms with Crippen LogP contribution in [0.2, 0.25) is 10.0 Å². The van der Waals surface area contributed by atoms with Crippen molar-refractivity contribution in [3.05, 3.63) is 57.6 Å². The Labute approximate surface area is 200 Å². The molecule has 32 heavy (non-hydrogen) atoms. The van der Waals surface area contributed by atoms with Gasteiger partial charge >= 0.3 is 0 Å². The molecule has 1 heterocycles. The third kappa shape index (κ3) is 5.09. The molecule has 0 saturated heterocycles. The summed E-state index contributed by atoms with van der Waals surface area (Å²) >= 11 is 14.0. The molecular formula is C22H23Cl2N5O2S. The highest BCUT2D eigenvalue weighted by Crippen LogP contribution is 2.41. The third-order valence-electron chi connectivity index (χ3n) is 5.44. The Morgan fingerprint density at radius 2 is 2.00 bits per heavy atom. The van der Waals surface area contributed by atoms with Crippen LogP contribution in [-0.4, -0.2) is 43.6 Å². The minimum Gasteiger partial charge on any atom is -0.395 e. The average molecular weight is 492 g/mol. The number of aromatic nitrogens is 4. The van der Waals surface area contributed by atoms with E-state index in [-0.39, 0.29) is 18.3 Å². The van der Waals surface area contributed by atoms with Gasteiger partial charge in [0.1, 0.15) is 0 Å². The van der Waals surface area contributed by atoms with Crippen molar-refractivity contribution < 1.29 is 9.90 Å². The number of rotatable bonds is 8. The van der Waals surface area contributed by atoms with Crippen LogP contribution in [0, 0.1) is 0 Å². The molecule has 1 aliphatic carbocycles. The molecule has 1 amide bonds. The Balaban J connectivity index is 1.41. The van der Waals surface area contributed by atoms with Crippen molar-refractivity contribution in [3.63, 3.8) is 0 Å². The lowest BCUT2D eigenvalue weighted by Crippen LogP contribution is -2.22. The molecule has 1 aliphatic rings. The highest BCUT2D eigenvalue weighted by Gasteiger charge is 2.25. The number of tetrazole rings is 1. The first-order valence-corrected chi connectivity index (χ1v) is 11.9. The number of aliphatic hydroxyl groups is 1. The number of hydrogen-bond donors (Lipinski definition) is 2. The lowest BCUT2D eigenvalue weighted by atomic mass is 9.85. The maximum absolute atomic E-state index is 12.5. The number of thioether (sulfide) groups is 1. The average Bonchev–Trinajstić information content (AvgIpc) is 3.52. The topological polar surface area (TPSA) is 92.9 Å². The molecule has 0 unspecified atom stereocenters. The van der Waals surface area contributed by atoms with Crippen molar-refractivity contribution in [1.29, 1.82) is 0 Å². The largest absolute Gasteiger partial charge is 0.395 e. The zero-order chi connectivity index (χ0) is 22.9. The number of nitrogens with zero attached hydrogens (tertiary/aromatic N) is 4. The van der Waals surface area contributed by atoms with Crippen molar-refractivity contribution in [1.82, 2.24) is 20.2 Å². The zero-order valence-electron chi connectivity index (χ0n) is 17.7. The zero-order valence-corrected chi connectivity index (χ0v) is 20.0. The number of amides is 1. The molecule has 7 nitrogen and oxygen atoms in total. The summed E-state index contributed by atoms with van der Waals surface area (Å²) in [5.41, 5.74) is 2.88. The first-order chi connectivity index (χ1) is 15.3. The van der Waals surface area contributed by atoms with E-state index in [4.69, 9.17) is 23.2 Å². The molecule has 168 valence electrons. The second-order valence-electron chi connectivity index (χ2n) is 8.43. The standard InChI is InChI=1S/C22H23Cl2N5O2S/c1-22(2,12-30)15-6-7-18(16(23)10-15)25-20(31)11-32-21-26-27-28-29(21)19-8-5-14(9-17(19)24)13-3-4-13/h5-10,13,30H,3-4,11-12H2,1-2H3,(H,25,31). The van der Waals surface area contributed by atoms with E-state index in [1.54, 1.807) is 12.1 Å². The lowest BCUT2D eigenvalue weighted by molar-refractivity contribution is -0.113. The summed E-state index contributed by atoms with van der Waals surface area (Å²) in [5.74, 6) is 0.456. The molecular weight excluding hydrogens is 469 g/mol. The van der Waals surface area contributed by atoms with Crippen LogP contribution in [-0.2, 0) is 10.2 Å². The van der Waals surface area contributed by atoms with Crippen LogP contribution < -0.4 is 5.32 Å². The predicted octanol–water partition coefficient (Wildman–Crippen LogP) is 4.85. The van der Waals surface area contributed by atoms with Gasteiger partial charge in [-0.05, 0) is 64.6 Å². The normalized spacial score (nSPS) is 13.9. The van der Waals surface area contributed by atoms with Crippen LogP contribution in [0.4, 0.5) is 5.69 Å². The van der Waals surface area contributed by atoms with Crippen molar-refractivity contribution in [2.75, 3.05) is 17.7 Å².